The summed E-state index contributed by atoms with van der Waals surface area (Å²) in [5.74, 6) is 6.54. The average Bonchev–Trinajstić information content (AvgIpc) is 2.46. The largest absolute Gasteiger partial charge is 0.487 e. The zero-order valence-corrected chi connectivity index (χ0v) is 12.6. The van der Waals surface area contributed by atoms with Crippen LogP contribution in [0.3, 0.4) is 0 Å². The lowest BCUT2D eigenvalue weighted by atomic mass is 10.2. The number of hydrogen-bond donors (Lipinski definition) is 0. The van der Waals surface area contributed by atoms with Crippen molar-refractivity contribution < 1.29 is 4.74 Å². The molecule has 0 fully saturated rings. The highest BCUT2D eigenvalue weighted by molar-refractivity contribution is 6.33. The first-order valence-corrected chi connectivity index (χ1v) is 7.04. The molecule has 2 aromatic rings. The van der Waals surface area contributed by atoms with Crippen LogP contribution < -0.4 is 4.74 Å². The van der Waals surface area contributed by atoms with Gasteiger partial charge < -0.3 is 4.74 Å². The SMILES string of the molecule is ClCC#Cc1cncc(OCc2cc(Cl)ccc2Cl)c1. The number of nitrogens with zero attached hydrogens (tertiary/aromatic N) is 1. The van der Waals surface area contributed by atoms with Crippen LogP contribution in [-0.4, -0.2) is 10.9 Å². The lowest BCUT2D eigenvalue weighted by Crippen LogP contribution is -1.97. The Morgan fingerprint density at radius 1 is 1.15 bits per heavy atom. The summed E-state index contributed by atoms with van der Waals surface area (Å²) < 4.78 is 5.64. The summed E-state index contributed by atoms with van der Waals surface area (Å²) in [5.41, 5.74) is 1.57. The van der Waals surface area contributed by atoms with E-state index in [4.69, 9.17) is 39.5 Å². The molecule has 0 atom stereocenters. The van der Waals surface area contributed by atoms with Gasteiger partial charge in [0.25, 0.3) is 0 Å². The van der Waals surface area contributed by atoms with Gasteiger partial charge in [0.2, 0.25) is 0 Å². The van der Waals surface area contributed by atoms with E-state index in [1.165, 1.54) is 0 Å². The molecule has 0 N–H and O–H groups in total. The fourth-order valence-corrected chi connectivity index (χ4v) is 1.95. The number of pyridine rings is 1. The van der Waals surface area contributed by atoms with Crippen LogP contribution in [0.5, 0.6) is 5.75 Å². The Morgan fingerprint density at radius 3 is 2.80 bits per heavy atom. The first-order chi connectivity index (χ1) is 9.69. The highest BCUT2D eigenvalue weighted by atomic mass is 35.5. The van der Waals surface area contributed by atoms with Gasteiger partial charge in [-0.1, -0.05) is 35.0 Å². The van der Waals surface area contributed by atoms with Gasteiger partial charge in [-0.05, 0) is 24.3 Å². The predicted octanol–water partition coefficient (Wildman–Crippen LogP) is 4.56. The van der Waals surface area contributed by atoms with Crippen LogP contribution in [0.2, 0.25) is 10.0 Å². The number of rotatable bonds is 3. The molecule has 0 aliphatic rings. The summed E-state index contributed by atoms with van der Waals surface area (Å²) >= 11 is 17.5. The van der Waals surface area contributed by atoms with E-state index in [0.29, 0.717) is 22.4 Å². The average molecular weight is 327 g/mol. The van der Waals surface area contributed by atoms with Crippen LogP contribution in [0, 0.1) is 11.8 Å². The van der Waals surface area contributed by atoms with E-state index in [1.807, 2.05) is 0 Å². The van der Waals surface area contributed by atoms with Gasteiger partial charge in [-0.25, -0.2) is 0 Å². The topological polar surface area (TPSA) is 22.1 Å². The van der Waals surface area contributed by atoms with Crippen molar-refractivity contribution in [3.05, 3.63) is 57.8 Å². The number of alkyl halides is 1. The summed E-state index contributed by atoms with van der Waals surface area (Å²) in [6, 6.07) is 7.04. The minimum absolute atomic E-state index is 0.281. The molecule has 0 radical (unpaired) electrons. The van der Waals surface area contributed by atoms with Crippen LogP contribution in [0.15, 0.2) is 36.7 Å². The van der Waals surface area contributed by atoms with E-state index in [9.17, 15) is 0 Å². The smallest absolute Gasteiger partial charge is 0.139 e. The third kappa shape index (κ3) is 4.31. The highest BCUT2D eigenvalue weighted by Gasteiger charge is 2.03. The van der Waals surface area contributed by atoms with Crippen molar-refractivity contribution in [2.75, 3.05) is 5.88 Å². The van der Waals surface area contributed by atoms with E-state index in [0.717, 1.165) is 11.1 Å². The molecule has 2 nitrogen and oxygen atoms in total. The summed E-state index contributed by atoms with van der Waals surface area (Å²) in [6.07, 6.45) is 3.27. The van der Waals surface area contributed by atoms with Crippen molar-refractivity contribution in [2.45, 2.75) is 6.61 Å². The molecular formula is C15H10Cl3NO. The molecule has 1 heterocycles. The number of aromatic nitrogens is 1. The lowest BCUT2D eigenvalue weighted by Gasteiger charge is -2.08. The molecule has 0 aliphatic heterocycles. The first kappa shape index (κ1) is 15.0. The molecule has 1 aromatic heterocycles. The third-order valence-corrected chi connectivity index (χ3v) is 3.15. The van der Waals surface area contributed by atoms with Crippen molar-refractivity contribution in [1.29, 1.82) is 0 Å². The zero-order chi connectivity index (χ0) is 14.4. The molecule has 20 heavy (non-hydrogen) atoms. The Bertz CT molecular complexity index is 662. The molecule has 0 aliphatic carbocycles. The van der Waals surface area contributed by atoms with Crippen molar-refractivity contribution in [2.24, 2.45) is 0 Å². The van der Waals surface area contributed by atoms with Crippen molar-refractivity contribution in [1.82, 2.24) is 4.98 Å². The minimum atomic E-state index is 0.281. The van der Waals surface area contributed by atoms with Gasteiger partial charge in [-0.15, -0.1) is 11.6 Å². The third-order valence-electron chi connectivity index (χ3n) is 2.41. The quantitative estimate of drug-likeness (QED) is 0.609. The molecule has 102 valence electrons. The number of benzene rings is 1. The summed E-state index contributed by atoms with van der Waals surface area (Å²) in [4.78, 5) is 4.06. The van der Waals surface area contributed by atoms with E-state index < -0.39 is 0 Å². The summed E-state index contributed by atoms with van der Waals surface area (Å²) in [5, 5.41) is 1.23. The molecule has 0 saturated carbocycles. The zero-order valence-electron chi connectivity index (χ0n) is 10.4. The summed E-state index contributed by atoms with van der Waals surface area (Å²) in [6.45, 7) is 0.313. The Kier molecular flexibility index (Phi) is 5.55. The van der Waals surface area contributed by atoms with Crippen LogP contribution in [0.1, 0.15) is 11.1 Å². The second-order valence-corrected chi connectivity index (χ2v) is 4.98. The molecule has 1 aromatic carbocycles. The van der Waals surface area contributed by atoms with Crippen molar-refractivity contribution in [3.63, 3.8) is 0 Å². The van der Waals surface area contributed by atoms with E-state index in [1.54, 1.807) is 36.7 Å². The number of halogens is 3. The van der Waals surface area contributed by atoms with Crippen molar-refractivity contribution >= 4 is 34.8 Å². The first-order valence-electron chi connectivity index (χ1n) is 5.75. The maximum atomic E-state index is 6.07. The normalized spacial score (nSPS) is 9.75. The molecule has 0 spiro atoms. The summed E-state index contributed by atoms with van der Waals surface area (Å²) in [7, 11) is 0. The maximum Gasteiger partial charge on any atom is 0.139 e. The molecule has 0 unspecified atom stereocenters. The molecule has 2 rings (SSSR count). The van der Waals surface area contributed by atoms with Crippen LogP contribution >= 0.6 is 34.8 Å². The molecule has 0 amide bonds. The Balaban J connectivity index is 2.09. The molecular weight excluding hydrogens is 317 g/mol. The van der Waals surface area contributed by atoms with Crippen LogP contribution in [0.25, 0.3) is 0 Å². The molecule has 5 heteroatoms. The van der Waals surface area contributed by atoms with Gasteiger partial charge in [-0.3, -0.25) is 4.98 Å². The molecule has 0 bridgehead atoms. The number of hydrogen-bond acceptors (Lipinski definition) is 2. The maximum absolute atomic E-state index is 6.07. The predicted molar refractivity (Wildman–Crippen MR) is 82.6 cm³/mol. The van der Waals surface area contributed by atoms with Crippen LogP contribution in [-0.2, 0) is 6.61 Å². The van der Waals surface area contributed by atoms with Gasteiger partial charge in [-0.2, -0.15) is 0 Å². The van der Waals surface area contributed by atoms with Gasteiger partial charge in [0.15, 0.2) is 0 Å². The van der Waals surface area contributed by atoms with Gasteiger partial charge >= 0.3 is 0 Å². The van der Waals surface area contributed by atoms with Crippen LogP contribution in [0.4, 0.5) is 0 Å². The highest BCUT2D eigenvalue weighted by Crippen LogP contribution is 2.22. The standard InChI is InChI=1S/C15H10Cl3NO/c16-5-1-2-11-6-14(9-19-8-11)20-10-12-7-13(17)3-4-15(12)18/h3-4,6-9H,5,10H2. The Morgan fingerprint density at radius 2 is 2.00 bits per heavy atom. The van der Waals surface area contributed by atoms with E-state index in [-0.39, 0.29) is 5.88 Å². The van der Waals surface area contributed by atoms with Gasteiger partial charge in [0, 0.05) is 27.4 Å². The Labute approximate surface area is 132 Å². The fourth-order valence-electron chi connectivity index (χ4n) is 1.52. The van der Waals surface area contributed by atoms with E-state index >= 15 is 0 Å². The second kappa shape index (κ2) is 7.40. The minimum Gasteiger partial charge on any atom is -0.487 e. The lowest BCUT2D eigenvalue weighted by molar-refractivity contribution is 0.305. The van der Waals surface area contributed by atoms with Gasteiger partial charge in [0.1, 0.15) is 12.4 Å². The Hall–Kier alpha value is -1.40. The second-order valence-electron chi connectivity index (χ2n) is 3.87. The monoisotopic (exact) mass is 325 g/mol. The number of ether oxygens (including phenoxy) is 1. The fraction of sp³-hybridized carbons (Fsp3) is 0.133. The molecule has 0 saturated heterocycles. The van der Waals surface area contributed by atoms with Gasteiger partial charge in [0.05, 0.1) is 12.1 Å². The van der Waals surface area contributed by atoms with E-state index in [2.05, 4.69) is 16.8 Å². The van der Waals surface area contributed by atoms with Crippen molar-refractivity contribution in [3.8, 4) is 17.6 Å².